The number of Topliss-reactive ketones (excluding diaryl/α,β-unsaturated/α-hetero) is 1. The number of amides is 8. The lowest BCUT2D eigenvalue weighted by Crippen LogP contribution is -2.65. The molecule has 2 unspecified atom stereocenters. The zero-order valence-corrected chi connectivity index (χ0v) is 41.6. The predicted octanol–water partition coefficient (Wildman–Crippen LogP) is -3.16. The van der Waals surface area contributed by atoms with E-state index < -0.39 is 120 Å². The van der Waals surface area contributed by atoms with Crippen LogP contribution in [0.3, 0.4) is 0 Å². The van der Waals surface area contributed by atoms with Gasteiger partial charge in [-0.3, -0.25) is 43.2 Å². The van der Waals surface area contributed by atoms with Gasteiger partial charge in [-0.15, -0.1) is 0 Å². The Hall–Kier alpha value is -7.24. The molecule has 10 atom stereocenters. The SMILES string of the molecule is COC(=O)[C@@H](OC)[C@@H]1NC(=O)[C@@H](N)CCCCNC(=O)[C@@H]2CCNc3c(NC(=O)CCC(N)=O)cc4cc(OC)c(cc4c32)OOOC2CCC[C@@H](NC(=O)[C@H](C)NC(=O)C([C@H](C)N)NC(=O)[C@H](N)NC1=O)C2=O. The largest absolute Gasteiger partial charge is 0.493 e. The van der Waals surface area contributed by atoms with E-state index in [0.717, 1.165) is 14.2 Å². The molecule has 2 aromatic rings. The quantitative estimate of drug-likeness (QED) is 0.0871. The van der Waals surface area contributed by atoms with Crippen LogP contribution in [0.5, 0.6) is 11.5 Å². The molecule has 0 radical (unpaired) electrons. The lowest BCUT2D eigenvalue weighted by atomic mass is 9.85. The first kappa shape index (κ1) is 57.7. The first-order valence-corrected chi connectivity index (χ1v) is 23.9. The molecule has 16 N–H and O–H groups in total. The van der Waals surface area contributed by atoms with Crippen LogP contribution in [-0.4, -0.2) is 148 Å². The number of hydrogen-bond donors (Lipinski definition) is 12. The number of carbonyl (C=O) groups excluding carboxylic acids is 10. The number of rotatable bonds is 9. The Balaban J connectivity index is 1.47. The third-order valence-electron chi connectivity index (χ3n) is 12.5. The maximum absolute atomic E-state index is 14.1. The number of hydrogen-bond acceptors (Lipinski definition) is 20. The molecule has 3 aliphatic rings. The van der Waals surface area contributed by atoms with Crippen molar-refractivity contribution >= 4 is 81.2 Å². The highest BCUT2D eigenvalue weighted by Gasteiger charge is 2.40. The molecule has 2 aromatic carbocycles. The van der Waals surface area contributed by atoms with Crippen LogP contribution in [0.25, 0.3) is 10.8 Å². The van der Waals surface area contributed by atoms with Gasteiger partial charge in [0.25, 0.3) is 5.91 Å². The highest BCUT2D eigenvalue weighted by Crippen LogP contribution is 2.46. The summed E-state index contributed by atoms with van der Waals surface area (Å²) in [5.41, 5.74) is 24.7. The van der Waals surface area contributed by atoms with E-state index in [1.54, 1.807) is 12.1 Å². The second-order valence-corrected chi connectivity index (χ2v) is 18.0. The number of ketones is 1. The van der Waals surface area contributed by atoms with Crippen LogP contribution in [0.4, 0.5) is 11.4 Å². The third-order valence-corrected chi connectivity index (χ3v) is 12.5. The van der Waals surface area contributed by atoms with Gasteiger partial charge in [0.15, 0.2) is 29.9 Å². The van der Waals surface area contributed by atoms with Gasteiger partial charge in [0.05, 0.1) is 43.6 Å². The Morgan fingerprint density at radius 3 is 2.16 bits per heavy atom. The van der Waals surface area contributed by atoms with Gasteiger partial charge < -0.3 is 84.6 Å². The van der Waals surface area contributed by atoms with Gasteiger partial charge in [-0.1, -0.05) is 0 Å². The molecule has 0 aromatic heterocycles. The molecule has 0 spiro atoms. The first-order valence-electron chi connectivity index (χ1n) is 23.9. The summed E-state index contributed by atoms with van der Waals surface area (Å²) in [4.78, 5) is 143. The number of anilines is 2. The van der Waals surface area contributed by atoms with Gasteiger partial charge in [-0.05, 0) is 98.4 Å². The molecular weight excluding hydrogens is 977 g/mol. The highest BCUT2D eigenvalue weighted by atomic mass is 17.5. The van der Waals surface area contributed by atoms with Crippen molar-refractivity contribution in [2.24, 2.45) is 22.9 Å². The van der Waals surface area contributed by atoms with Gasteiger partial charge >= 0.3 is 5.97 Å². The van der Waals surface area contributed by atoms with Crippen molar-refractivity contribution in [2.45, 2.75) is 132 Å². The van der Waals surface area contributed by atoms with E-state index in [0.29, 0.717) is 47.1 Å². The van der Waals surface area contributed by atoms with Gasteiger partial charge in [0.1, 0.15) is 18.1 Å². The molecule has 1 fully saturated rings. The molecule has 2 aliphatic heterocycles. The third kappa shape index (κ3) is 14.7. The lowest BCUT2D eigenvalue weighted by molar-refractivity contribution is -0.477. The second-order valence-electron chi connectivity index (χ2n) is 18.0. The first-order chi connectivity index (χ1) is 35.2. The molecule has 8 amide bonds. The average molecular weight is 1040 g/mol. The van der Waals surface area contributed by atoms with Crippen LogP contribution in [-0.2, 0) is 67.3 Å². The molecule has 1 saturated carbocycles. The summed E-state index contributed by atoms with van der Waals surface area (Å²) in [5.74, 6) is -8.94. The minimum Gasteiger partial charge on any atom is -0.493 e. The van der Waals surface area contributed by atoms with Crippen LogP contribution < -0.4 is 75.1 Å². The number of benzene rings is 2. The van der Waals surface area contributed by atoms with Crippen molar-refractivity contribution in [3.63, 3.8) is 0 Å². The fourth-order valence-electron chi connectivity index (χ4n) is 8.50. The molecular formula is C46H66N12O16. The van der Waals surface area contributed by atoms with Gasteiger partial charge in [0, 0.05) is 39.1 Å². The van der Waals surface area contributed by atoms with Crippen molar-refractivity contribution in [2.75, 3.05) is 45.1 Å². The summed E-state index contributed by atoms with van der Waals surface area (Å²) in [6, 6.07) is -3.38. The van der Waals surface area contributed by atoms with Gasteiger partial charge in [0.2, 0.25) is 47.1 Å². The zero-order chi connectivity index (χ0) is 54.4. The summed E-state index contributed by atoms with van der Waals surface area (Å²) in [5, 5.41) is 27.0. The van der Waals surface area contributed by atoms with Crippen LogP contribution in [0.1, 0.15) is 83.1 Å². The molecule has 74 heavy (non-hydrogen) atoms. The van der Waals surface area contributed by atoms with Crippen LogP contribution >= 0.6 is 0 Å². The Morgan fingerprint density at radius 1 is 0.770 bits per heavy atom. The molecule has 28 nitrogen and oxygen atoms in total. The van der Waals surface area contributed by atoms with E-state index >= 15 is 0 Å². The van der Waals surface area contributed by atoms with Crippen molar-refractivity contribution in [1.82, 2.24) is 31.9 Å². The predicted molar refractivity (Wildman–Crippen MR) is 260 cm³/mol. The summed E-state index contributed by atoms with van der Waals surface area (Å²) in [6.07, 6.45) is -3.63. The van der Waals surface area contributed by atoms with E-state index in [9.17, 15) is 47.9 Å². The molecule has 0 saturated heterocycles. The molecule has 28 heteroatoms. The van der Waals surface area contributed by atoms with Crippen molar-refractivity contribution < 1.29 is 77.0 Å². The summed E-state index contributed by atoms with van der Waals surface area (Å²) in [7, 11) is 3.43. The van der Waals surface area contributed by atoms with Crippen LogP contribution in [0, 0.1) is 0 Å². The van der Waals surface area contributed by atoms with Gasteiger partial charge in [-0.25, -0.2) is 4.79 Å². The monoisotopic (exact) mass is 1040 g/mol. The van der Waals surface area contributed by atoms with Crippen molar-refractivity contribution in [3.8, 4) is 11.5 Å². The Bertz CT molecular complexity index is 2460. The molecule has 5 rings (SSSR count). The maximum Gasteiger partial charge on any atom is 0.337 e. The maximum atomic E-state index is 14.1. The Kier molecular flexibility index (Phi) is 20.8. The summed E-state index contributed by atoms with van der Waals surface area (Å²) in [6.45, 7) is 3.12. The fourth-order valence-corrected chi connectivity index (χ4v) is 8.50. The van der Waals surface area contributed by atoms with Gasteiger partial charge in [-0.2, -0.15) is 4.89 Å². The number of carbonyl (C=O) groups is 10. The number of nitrogens with two attached hydrogens (primary N) is 4. The van der Waals surface area contributed by atoms with E-state index in [-0.39, 0.29) is 63.0 Å². The van der Waals surface area contributed by atoms with E-state index in [1.807, 2.05) is 0 Å². The van der Waals surface area contributed by atoms with Crippen LogP contribution in [0.2, 0.25) is 0 Å². The van der Waals surface area contributed by atoms with E-state index in [2.05, 4.69) is 42.5 Å². The number of ether oxygens (including phenoxy) is 3. The van der Waals surface area contributed by atoms with Crippen LogP contribution in [0.15, 0.2) is 18.2 Å². The second kappa shape index (κ2) is 26.6. The molecule has 2 heterocycles. The minimum atomic E-state index is -1.91. The molecule has 1 aliphatic carbocycles. The standard InChI is InChI=1S/C46H66N12O16/c1-20(47)34-43(65)53-21(2)40(62)55-26-10-8-11-28(37(26)61)72-74-73-30-19-24-22(18-29(30)69-3)17-27(54-32(60)13-12-31(49)59)35-33(24)23(14-16-51-35)41(63)52-15-7-6-9-25(48)42(64)57-36(38(70-4)46(68)71-5)44(66)58-39(50)45(67)56-34/h17-21,23,25-26,28,34,36,38-39,51H,6-16,47-48,50H2,1-5H3,(H2,49,59)(H,52,63)(H,53,65)(H,54,60)(H,55,62)(H,56,67)(H,57,64)(H,58,66)/t20-,21-,23+,25-,26+,28?,34?,36-,38-,39+/m0/s1. The number of primary amides is 1. The number of esters is 1. The fraction of sp³-hybridized carbons (Fsp3) is 0.565. The normalized spacial score (nSPS) is 26.0. The van der Waals surface area contributed by atoms with Crippen molar-refractivity contribution in [1.29, 1.82) is 0 Å². The highest BCUT2D eigenvalue weighted by molar-refractivity contribution is 6.07. The summed E-state index contributed by atoms with van der Waals surface area (Å²) >= 11 is 0. The average Bonchev–Trinajstić information content (AvgIpc) is 3.36. The molecule has 406 valence electrons. The topological polar surface area (TPSA) is 426 Å². The number of methoxy groups -OCH3 is 3. The smallest absolute Gasteiger partial charge is 0.337 e. The van der Waals surface area contributed by atoms with E-state index in [1.165, 1.54) is 27.0 Å². The summed E-state index contributed by atoms with van der Waals surface area (Å²) < 4.78 is 15.6. The minimum absolute atomic E-state index is 0.0281. The lowest BCUT2D eigenvalue weighted by Gasteiger charge is -2.30. The number of fused-ring (bicyclic) bond motifs is 3. The zero-order valence-electron chi connectivity index (χ0n) is 41.6. The van der Waals surface area contributed by atoms with Crippen molar-refractivity contribution in [3.05, 3.63) is 23.8 Å². The Labute approximate surface area is 424 Å². The molecule has 4 bridgehead atoms. The Morgan fingerprint density at radius 2 is 1.49 bits per heavy atom. The number of nitrogens with one attached hydrogen (secondary N) is 8. The van der Waals surface area contributed by atoms with E-state index in [4.69, 9.17) is 52.0 Å².